The normalized spacial score (nSPS) is 14.8. The molecule has 0 unspecified atom stereocenters. The molecule has 0 saturated heterocycles. The Hall–Kier alpha value is -2.37. The highest BCUT2D eigenvalue weighted by molar-refractivity contribution is 5.68. The molecule has 5 heteroatoms. The van der Waals surface area contributed by atoms with Crippen molar-refractivity contribution in [3.63, 3.8) is 0 Å². The molecule has 2 aromatic rings. The quantitative estimate of drug-likeness (QED) is 0.605. The van der Waals surface area contributed by atoms with E-state index in [9.17, 15) is 9.90 Å². The number of carbonyl (C=O) groups excluding carboxylic acids is 1. The first kappa shape index (κ1) is 21.9. The highest BCUT2D eigenvalue weighted by atomic mass is 16.6. The molecule has 0 aromatic heterocycles. The number of benzene rings is 2. The lowest BCUT2D eigenvalue weighted by molar-refractivity contribution is 0.0297. The van der Waals surface area contributed by atoms with Crippen molar-refractivity contribution in [1.29, 1.82) is 0 Å². The van der Waals surface area contributed by atoms with Crippen molar-refractivity contribution in [1.82, 2.24) is 5.32 Å². The maximum Gasteiger partial charge on any atom is 0.407 e. The molecule has 28 heavy (non-hydrogen) atoms. The Morgan fingerprint density at radius 3 is 2.11 bits per heavy atom. The fourth-order valence-electron chi connectivity index (χ4n) is 3.06. The van der Waals surface area contributed by atoms with Gasteiger partial charge in [-0.3, -0.25) is 0 Å². The van der Waals surface area contributed by atoms with Gasteiger partial charge < -0.3 is 20.9 Å². The summed E-state index contributed by atoms with van der Waals surface area (Å²) < 4.78 is 5.39. The number of rotatable bonds is 8. The monoisotopic (exact) mass is 384 g/mol. The molecule has 2 rings (SSSR count). The van der Waals surface area contributed by atoms with Gasteiger partial charge in [0, 0.05) is 12.5 Å². The number of aliphatic hydroxyl groups is 1. The van der Waals surface area contributed by atoms with Crippen molar-refractivity contribution in [2.24, 2.45) is 5.73 Å². The first-order valence-electron chi connectivity index (χ1n) is 9.72. The number of alkyl carbamates (subject to hydrolysis) is 1. The standard InChI is InChI=1S/C23H32N2O3/c1-22(2,3)28-21(26)25-20(16-18-10-6-4-7-11-18)14-15-23(24,27)17-19-12-8-5-9-13-19/h4-13,20,27H,14-17,24H2,1-3H3,(H,25,26)/t20-,23-/m0/s1. The zero-order valence-corrected chi connectivity index (χ0v) is 17.0. The molecular formula is C23H32N2O3. The van der Waals surface area contributed by atoms with Gasteiger partial charge in [-0.1, -0.05) is 60.7 Å². The van der Waals surface area contributed by atoms with Gasteiger partial charge in [-0.05, 0) is 51.2 Å². The summed E-state index contributed by atoms with van der Waals surface area (Å²) in [5, 5.41) is 13.6. The topological polar surface area (TPSA) is 84.6 Å². The molecular weight excluding hydrogens is 352 g/mol. The summed E-state index contributed by atoms with van der Waals surface area (Å²) in [6, 6.07) is 19.4. The molecule has 2 atom stereocenters. The SMILES string of the molecule is CC(C)(C)OC(=O)N[C@@H](CC[C@](N)(O)Cc1ccccc1)Cc1ccccc1. The van der Waals surface area contributed by atoms with Crippen molar-refractivity contribution >= 4 is 6.09 Å². The lowest BCUT2D eigenvalue weighted by atomic mass is 9.94. The minimum Gasteiger partial charge on any atom is -0.444 e. The van der Waals surface area contributed by atoms with Crippen molar-refractivity contribution in [2.45, 2.75) is 63.8 Å². The van der Waals surface area contributed by atoms with Gasteiger partial charge in [-0.25, -0.2) is 4.79 Å². The molecule has 0 saturated carbocycles. The number of hydrogen-bond donors (Lipinski definition) is 3. The van der Waals surface area contributed by atoms with Gasteiger partial charge >= 0.3 is 6.09 Å². The summed E-state index contributed by atoms with van der Waals surface area (Å²) >= 11 is 0. The van der Waals surface area contributed by atoms with Crippen LogP contribution in [-0.4, -0.2) is 28.6 Å². The molecule has 5 nitrogen and oxygen atoms in total. The molecule has 0 spiro atoms. The molecule has 1 amide bonds. The van der Waals surface area contributed by atoms with E-state index in [1.165, 1.54) is 0 Å². The lowest BCUT2D eigenvalue weighted by Crippen LogP contribution is -2.45. The summed E-state index contributed by atoms with van der Waals surface area (Å²) in [6.07, 6.45) is 1.43. The van der Waals surface area contributed by atoms with Gasteiger partial charge in [-0.15, -0.1) is 0 Å². The highest BCUT2D eigenvalue weighted by Crippen LogP contribution is 2.18. The summed E-state index contributed by atoms with van der Waals surface area (Å²) in [4.78, 5) is 12.2. The zero-order chi connectivity index (χ0) is 20.6. The number of hydrogen-bond acceptors (Lipinski definition) is 4. The molecule has 0 fully saturated rings. The molecule has 0 bridgehead atoms. The van der Waals surface area contributed by atoms with Crippen LogP contribution in [0.15, 0.2) is 60.7 Å². The third kappa shape index (κ3) is 8.55. The van der Waals surface area contributed by atoms with Crippen molar-refractivity contribution in [3.05, 3.63) is 71.8 Å². The predicted octanol–water partition coefficient (Wildman–Crippen LogP) is 3.79. The Kier molecular flexibility index (Phi) is 7.61. The van der Waals surface area contributed by atoms with Crippen molar-refractivity contribution < 1.29 is 14.6 Å². The Bertz CT molecular complexity index is 725. The minimum atomic E-state index is -1.34. The maximum absolute atomic E-state index is 12.2. The second-order valence-corrected chi connectivity index (χ2v) is 8.34. The first-order chi connectivity index (χ1) is 13.1. The van der Waals surface area contributed by atoms with E-state index < -0.39 is 17.4 Å². The van der Waals surface area contributed by atoms with Crippen LogP contribution in [0.5, 0.6) is 0 Å². The van der Waals surface area contributed by atoms with E-state index in [0.717, 1.165) is 11.1 Å². The average molecular weight is 385 g/mol. The van der Waals surface area contributed by atoms with Crippen LogP contribution in [0.4, 0.5) is 4.79 Å². The number of amides is 1. The van der Waals surface area contributed by atoms with E-state index >= 15 is 0 Å². The Labute approximate surface area is 167 Å². The van der Waals surface area contributed by atoms with E-state index in [1.807, 2.05) is 81.4 Å². The molecule has 2 aromatic carbocycles. The summed E-state index contributed by atoms with van der Waals surface area (Å²) in [6.45, 7) is 5.49. The highest BCUT2D eigenvalue weighted by Gasteiger charge is 2.25. The molecule has 0 aliphatic carbocycles. The van der Waals surface area contributed by atoms with Crippen LogP contribution in [-0.2, 0) is 17.6 Å². The fourth-order valence-corrected chi connectivity index (χ4v) is 3.06. The van der Waals surface area contributed by atoms with Gasteiger partial charge in [0.05, 0.1) is 0 Å². The van der Waals surface area contributed by atoms with Crippen LogP contribution in [0.1, 0.15) is 44.7 Å². The van der Waals surface area contributed by atoms with Gasteiger partial charge in [-0.2, -0.15) is 0 Å². The largest absolute Gasteiger partial charge is 0.444 e. The summed E-state index contributed by atoms with van der Waals surface area (Å²) in [5.74, 6) is 0. The van der Waals surface area contributed by atoms with Gasteiger partial charge in [0.25, 0.3) is 0 Å². The summed E-state index contributed by atoms with van der Waals surface area (Å²) in [7, 11) is 0. The maximum atomic E-state index is 12.2. The smallest absolute Gasteiger partial charge is 0.407 e. The second-order valence-electron chi connectivity index (χ2n) is 8.34. The van der Waals surface area contributed by atoms with E-state index in [0.29, 0.717) is 25.7 Å². The van der Waals surface area contributed by atoms with Crippen LogP contribution in [0, 0.1) is 0 Å². The Balaban J connectivity index is 2.00. The third-order valence-corrected chi connectivity index (χ3v) is 4.32. The first-order valence-corrected chi connectivity index (χ1v) is 9.72. The number of carbonyl (C=O) groups is 1. The zero-order valence-electron chi connectivity index (χ0n) is 17.0. The third-order valence-electron chi connectivity index (χ3n) is 4.32. The molecule has 4 N–H and O–H groups in total. The van der Waals surface area contributed by atoms with E-state index in [4.69, 9.17) is 10.5 Å². The lowest BCUT2D eigenvalue weighted by Gasteiger charge is -2.28. The van der Waals surface area contributed by atoms with Gasteiger partial charge in [0.2, 0.25) is 0 Å². The summed E-state index contributed by atoms with van der Waals surface area (Å²) in [5.41, 5.74) is 6.31. The van der Waals surface area contributed by atoms with E-state index in [2.05, 4.69) is 5.32 Å². The van der Waals surface area contributed by atoms with Crippen LogP contribution in [0.2, 0.25) is 0 Å². The van der Waals surface area contributed by atoms with E-state index in [-0.39, 0.29) is 6.04 Å². The van der Waals surface area contributed by atoms with E-state index in [1.54, 1.807) is 0 Å². The second kappa shape index (κ2) is 9.71. The Morgan fingerprint density at radius 2 is 1.57 bits per heavy atom. The van der Waals surface area contributed by atoms with Crippen LogP contribution >= 0.6 is 0 Å². The van der Waals surface area contributed by atoms with Crippen LogP contribution in [0.25, 0.3) is 0 Å². The fraction of sp³-hybridized carbons (Fsp3) is 0.435. The van der Waals surface area contributed by atoms with Crippen LogP contribution in [0.3, 0.4) is 0 Å². The molecule has 0 heterocycles. The molecule has 0 aliphatic heterocycles. The van der Waals surface area contributed by atoms with Crippen LogP contribution < -0.4 is 11.1 Å². The predicted molar refractivity (Wildman–Crippen MR) is 112 cm³/mol. The van der Waals surface area contributed by atoms with Gasteiger partial charge in [0.1, 0.15) is 11.3 Å². The van der Waals surface area contributed by atoms with Gasteiger partial charge in [0.15, 0.2) is 0 Å². The number of nitrogens with two attached hydrogens (primary N) is 1. The molecule has 0 radical (unpaired) electrons. The average Bonchev–Trinajstić information content (AvgIpc) is 2.59. The molecule has 152 valence electrons. The molecule has 0 aliphatic rings. The Morgan fingerprint density at radius 1 is 1.04 bits per heavy atom. The van der Waals surface area contributed by atoms with Crippen molar-refractivity contribution in [3.8, 4) is 0 Å². The number of ether oxygens (including phenoxy) is 1. The van der Waals surface area contributed by atoms with Crippen molar-refractivity contribution in [2.75, 3.05) is 0 Å². The number of nitrogens with one attached hydrogen (secondary N) is 1. The minimum absolute atomic E-state index is 0.192.